The van der Waals surface area contributed by atoms with Gasteiger partial charge in [0.1, 0.15) is 24.6 Å². The number of amides is 2. The van der Waals surface area contributed by atoms with Crippen molar-refractivity contribution in [2.75, 3.05) is 51.8 Å². The average molecular weight is 834 g/mol. The topological polar surface area (TPSA) is 93.4 Å². The molecule has 5 aliphatic heterocycles. The summed E-state index contributed by atoms with van der Waals surface area (Å²) < 4.78 is 25.3. The predicted molar refractivity (Wildman–Crippen MR) is 238 cm³/mol. The molecule has 1 unspecified atom stereocenters. The summed E-state index contributed by atoms with van der Waals surface area (Å²) in [6, 6.07) is 16.3. The lowest BCUT2D eigenvalue weighted by Gasteiger charge is -2.39. The first kappa shape index (κ1) is 40.1. The number of aryl methyl sites for hydroxylation is 2. The van der Waals surface area contributed by atoms with Crippen LogP contribution >= 0.6 is 0 Å². The number of ether oxygens (including phenoxy) is 1. The SMILES string of the molecule is CN(CN(C)C(=O)c1ccc(C(=O)O)c(C2=c3cc4c5c(c3Oc3c2cc2c6c3CCCN6CCC2)CCC[N+]=5CCC4)c1)C(=O)c1ccc(CC2(F)C#CCCCCC2)cc1. The summed E-state index contributed by atoms with van der Waals surface area (Å²) in [5, 5.41) is 13.0. The Hall–Kier alpha value is -5.95. The fraction of sp³-hybridized carbons (Fsp3) is 0.423. The highest BCUT2D eigenvalue weighted by Crippen LogP contribution is 2.49. The number of anilines is 1. The molecular formula is C52H54FN4O5+. The number of nitrogens with zero attached hydrogens (tertiary/aromatic N) is 4. The number of carbonyl (C=O) groups is 3. The van der Waals surface area contributed by atoms with Crippen LogP contribution in [0.5, 0.6) is 11.5 Å². The van der Waals surface area contributed by atoms with Gasteiger partial charge >= 0.3 is 5.97 Å². The van der Waals surface area contributed by atoms with Gasteiger partial charge in [0.2, 0.25) is 5.36 Å². The molecule has 1 aliphatic carbocycles. The zero-order valence-corrected chi connectivity index (χ0v) is 35.9. The van der Waals surface area contributed by atoms with Crippen molar-refractivity contribution in [1.82, 2.24) is 14.4 Å². The van der Waals surface area contributed by atoms with Gasteiger partial charge in [0, 0.05) is 97.2 Å². The highest BCUT2D eigenvalue weighted by atomic mass is 19.1. The van der Waals surface area contributed by atoms with Crippen molar-refractivity contribution in [3.05, 3.63) is 121 Å². The van der Waals surface area contributed by atoms with Gasteiger partial charge in [-0.1, -0.05) is 30.4 Å². The molecule has 1 N–H and O–H groups in total. The second-order valence-electron chi connectivity index (χ2n) is 18.3. The first-order valence-corrected chi connectivity index (χ1v) is 22.7. The van der Waals surface area contributed by atoms with Crippen molar-refractivity contribution in [3.8, 4) is 23.3 Å². The number of carboxylic acids is 1. The molecule has 10 rings (SSSR count). The number of hydrogen-bond acceptors (Lipinski definition) is 5. The maximum Gasteiger partial charge on any atom is 0.336 e. The van der Waals surface area contributed by atoms with Crippen LogP contribution in [0, 0.1) is 11.8 Å². The van der Waals surface area contributed by atoms with Crippen LogP contribution in [0.2, 0.25) is 0 Å². The molecule has 62 heavy (non-hydrogen) atoms. The number of hydrogen-bond donors (Lipinski definition) is 1. The van der Waals surface area contributed by atoms with E-state index in [-0.39, 0.29) is 30.5 Å². The van der Waals surface area contributed by atoms with Crippen molar-refractivity contribution >= 4 is 29.0 Å². The molecular weight excluding hydrogens is 780 g/mol. The summed E-state index contributed by atoms with van der Waals surface area (Å²) in [5.74, 6) is 5.81. The predicted octanol–water partition coefficient (Wildman–Crippen LogP) is 6.84. The van der Waals surface area contributed by atoms with E-state index in [2.05, 4.69) is 33.4 Å². The lowest BCUT2D eigenvalue weighted by atomic mass is 9.81. The van der Waals surface area contributed by atoms with Crippen molar-refractivity contribution in [2.24, 2.45) is 0 Å². The third-order valence-electron chi connectivity index (χ3n) is 13.9. The standard InChI is InChI=1S/C52H53FN4O5/c1-54(49(58)34-18-16-33(17-19-34)31-52(53)22-6-4-3-5-7-23-52)32-55(2)50(59)37-20-21-38(51(60)61)41(30-37)44-42-28-35-12-8-24-56-26-10-14-39(45(35)56)47(42)62-48-40-15-11-27-57-25-9-13-36(46(40)57)29-43(44)48/h16-21,28-30H,3-6,8-15,22,24-27,31-32H2,1-2H3/p+1. The van der Waals surface area contributed by atoms with Crippen LogP contribution in [0.4, 0.5) is 10.1 Å². The van der Waals surface area contributed by atoms with E-state index >= 15 is 4.39 Å². The summed E-state index contributed by atoms with van der Waals surface area (Å²) in [6.45, 7) is 4.07. The molecule has 4 aromatic carbocycles. The third kappa shape index (κ3) is 7.13. The Labute approximate surface area is 362 Å². The molecule has 0 radical (unpaired) electrons. The number of carbonyl (C=O) groups excluding carboxylic acids is 2. The van der Waals surface area contributed by atoms with Crippen LogP contribution in [0.3, 0.4) is 0 Å². The minimum Gasteiger partial charge on any atom is -0.478 e. The van der Waals surface area contributed by atoms with Crippen LogP contribution < -0.4 is 24.8 Å². The Morgan fingerprint density at radius 3 is 2.29 bits per heavy atom. The minimum atomic E-state index is -1.57. The number of benzene rings is 4. The Balaban J connectivity index is 1.01. The molecule has 9 nitrogen and oxygen atoms in total. The molecule has 0 aromatic heterocycles. The molecule has 10 heteroatoms. The largest absolute Gasteiger partial charge is 0.478 e. The van der Waals surface area contributed by atoms with Crippen LogP contribution in [0.25, 0.3) is 5.57 Å². The van der Waals surface area contributed by atoms with Crippen LogP contribution in [-0.2, 0) is 32.1 Å². The molecule has 0 saturated carbocycles. The Kier molecular flexibility index (Phi) is 10.4. The van der Waals surface area contributed by atoms with Crippen LogP contribution in [0.15, 0.2) is 54.6 Å². The highest BCUT2D eigenvalue weighted by Gasteiger charge is 2.37. The number of alkyl halides is 1. The van der Waals surface area contributed by atoms with Gasteiger partial charge in [0.25, 0.3) is 11.8 Å². The second kappa shape index (κ2) is 16.1. The van der Waals surface area contributed by atoms with Gasteiger partial charge in [0.15, 0.2) is 5.67 Å². The van der Waals surface area contributed by atoms with Crippen LogP contribution in [-0.4, -0.2) is 85.3 Å². The maximum atomic E-state index is 15.7. The lowest BCUT2D eigenvalue weighted by Crippen LogP contribution is -2.45. The molecule has 0 saturated heterocycles. The Morgan fingerprint density at radius 2 is 1.50 bits per heavy atom. The number of rotatable bonds is 8. The number of halogens is 1. The number of aromatic carboxylic acids is 1. The zero-order chi connectivity index (χ0) is 42.7. The summed E-state index contributed by atoms with van der Waals surface area (Å²) in [6.07, 6.45) is 11.9. The molecule has 2 amide bonds. The van der Waals surface area contributed by atoms with Gasteiger partial charge in [-0.05, 0) is 117 Å². The van der Waals surface area contributed by atoms with E-state index in [1.807, 2.05) is 0 Å². The van der Waals surface area contributed by atoms with Crippen LogP contribution in [0.1, 0.15) is 128 Å². The third-order valence-corrected chi connectivity index (χ3v) is 13.9. The molecule has 0 fully saturated rings. The summed E-state index contributed by atoms with van der Waals surface area (Å²) in [4.78, 5) is 46.7. The summed E-state index contributed by atoms with van der Waals surface area (Å²) in [5.41, 5.74) is 8.48. The molecule has 1 atom stereocenters. The van der Waals surface area contributed by atoms with Gasteiger partial charge in [0.05, 0.1) is 17.8 Å². The maximum absolute atomic E-state index is 15.7. The van der Waals surface area contributed by atoms with E-state index in [0.29, 0.717) is 23.1 Å². The van der Waals surface area contributed by atoms with Crippen molar-refractivity contribution in [3.63, 3.8) is 0 Å². The smallest absolute Gasteiger partial charge is 0.336 e. The minimum absolute atomic E-state index is 0.00726. The fourth-order valence-electron chi connectivity index (χ4n) is 11.1. The fourth-order valence-corrected chi connectivity index (χ4v) is 11.1. The monoisotopic (exact) mass is 833 g/mol. The second-order valence-corrected chi connectivity index (χ2v) is 18.3. The van der Waals surface area contributed by atoms with Gasteiger partial charge < -0.3 is 24.5 Å². The van der Waals surface area contributed by atoms with E-state index in [1.165, 1.54) is 43.1 Å². The van der Waals surface area contributed by atoms with E-state index in [9.17, 15) is 19.5 Å². The van der Waals surface area contributed by atoms with E-state index < -0.39 is 11.6 Å². The molecule has 5 heterocycles. The van der Waals surface area contributed by atoms with E-state index in [1.54, 1.807) is 56.6 Å². The average Bonchev–Trinajstić information content (AvgIpc) is 3.27. The van der Waals surface area contributed by atoms with Crippen molar-refractivity contribution in [2.45, 2.75) is 95.6 Å². The van der Waals surface area contributed by atoms with Gasteiger partial charge in [-0.15, -0.1) is 0 Å². The van der Waals surface area contributed by atoms with Crippen molar-refractivity contribution < 1.29 is 28.6 Å². The Bertz CT molecular complexity index is 2740. The summed E-state index contributed by atoms with van der Waals surface area (Å²) >= 11 is 0. The Morgan fingerprint density at radius 1 is 0.790 bits per heavy atom. The molecule has 6 aliphatic rings. The quantitative estimate of drug-likeness (QED) is 0.105. The molecule has 318 valence electrons. The molecule has 0 bridgehead atoms. The normalized spacial score (nSPS) is 19.6. The first-order valence-electron chi connectivity index (χ1n) is 22.7. The summed E-state index contributed by atoms with van der Waals surface area (Å²) in [7, 11) is 3.29. The zero-order valence-electron chi connectivity index (χ0n) is 35.9. The van der Waals surface area contributed by atoms with Gasteiger partial charge in [-0.3, -0.25) is 9.59 Å². The van der Waals surface area contributed by atoms with Gasteiger partial charge in [-0.25, -0.2) is 13.8 Å². The lowest BCUT2D eigenvalue weighted by molar-refractivity contribution is 0.0614. The first-order chi connectivity index (χ1) is 30.1. The molecule has 4 aromatic rings. The number of carboxylic acid groups (broad SMARTS) is 1. The molecule has 0 spiro atoms. The van der Waals surface area contributed by atoms with E-state index in [4.69, 9.17) is 4.74 Å². The van der Waals surface area contributed by atoms with Crippen molar-refractivity contribution in [1.29, 1.82) is 0 Å². The van der Waals surface area contributed by atoms with E-state index in [0.717, 1.165) is 137 Å². The number of fused-ring (bicyclic) bond motifs is 4. The highest BCUT2D eigenvalue weighted by molar-refractivity contribution is 6.03. The van der Waals surface area contributed by atoms with Gasteiger partial charge in [-0.2, -0.15) is 0 Å².